The van der Waals surface area contributed by atoms with Gasteiger partial charge in [-0.05, 0) is 86.9 Å². The van der Waals surface area contributed by atoms with Crippen molar-refractivity contribution >= 4 is 0 Å². The fourth-order valence-electron chi connectivity index (χ4n) is 10.3. The fourth-order valence-corrected chi connectivity index (χ4v) is 10.3. The van der Waals surface area contributed by atoms with Crippen LogP contribution in [0.3, 0.4) is 0 Å². The maximum atomic E-state index is 13.9. The molecular formula is C43H68F14. The van der Waals surface area contributed by atoms with E-state index in [-0.39, 0.29) is 37.5 Å². The van der Waals surface area contributed by atoms with E-state index in [0.29, 0.717) is 37.5 Å². The average Bonchev–Trinajstić information content (AvgIpc) is 3.16. The van der Waals surface area contributed by atoms with Crippen molar-refractivity contribution in [2.45, 2.75) is 223 Å². The van der Waals surface area contributed by atoms with Crippen molar-refractivity contribution in [1.82, 2.24) is 0 Å². The Kier molecular flexibility index (Phi) is 19.2. The van der Waals surface area contributed by atoms with E-state index in [2.05, 4.69) is 13.8 Å². The molecule has 338 valence electrons. The third-order valence-corrected chi connectivity index (χ3v) is 14.3. The van der Waals surface area contributed by atoms with Crippen LogP contribution in [0.25, 0.3) is 0 Å². The third kappa shape index (κ3) is 13.8. The first-order chi connectivity index (χ1) is 26.5. The Morgan fingerprint density at radius 3 is 0.772 bits per heavy atom. The molecule has 4 aliphatic carbocycles. The zero-order valence-electron chi connectivity index (χ0n) is 34.0. The molecule has 0 radical (unpaired) electrons. The summed E-state index contributed by atoms with van der Waals surface area (Å²) in [6.45, 7) is 4.40. The van der Waals surface area contributed by atoms with Crippen LogP contribution in [-0.4, -0.2) is 36.0 Å². The standard InChI is InChI=1S/C22H35F7.C21H33F7/c1-2-3-4-5-16-6-8-17(9-7-16)10-11-18-12-14-19(15-13-18)20(23,24)21(25,26)22(27,28)29;1-2-3-4-15-5-7-16(8-6-15)9-10-17-11-13-18(14-12-17)19(22,23)20(24,25)21(26,27)28/h16-19H,2-15H2,1H3;15-18H,2-14H2,1H3. The molecule has 14 heteroatoms. The van der Waals surface area contributed by atoms with E-state index in [1.807, 2.05) is 0 Å². The number of alkyl halides is 14. The van der Waals surface area contributed by atoms with Gasteiger partial charge in [0.25, 0.3) is 0 Å². The van der Waals surface area contributed by atoms with Gasteiger partial charge in [0.1, 0.15) is 0 Å². The minimum Gasteiger partial charge on any atom is -0.199 e. The number of hydrogen-bond donors (Lipinski definition) is 0. The highest BCUT2D eigenvalue weighted by Crippen LogP contribution is 2.55. The molecule has 0 aromatic carbocycles. The Balaban J connectivity index is 0.000000306. The van der Waals surface area contributed by atoms with Gasteiger partial charge in [0.15, 0.2) is 0 Å². The summed E-state index contributed by atoms with van der Waals surface area (Å²) in [6.07, 6.45) is 10.3. The van der Waals surface area contributed by atoms with Crippen molar-refractivity contribution in [1.29, 1.82) is 0 Å². The molecule has 0 heterocycles. The highest BCUT2D eigenvalue weighted by molar-refractivity contribution is 4.98. The van der Waals surface area contributed by atoms with Crippen LogP contribution in [-0.2, 0) is 0 Å². The van der Waals surface area contributed by atoms with Gasteiger partial charge in [0.2, 0.25) is 0 Å². The SMILES string of the molecule is CCCCC1CCC(CCC2CCC(C(F)(F)C(F)(F)C(F)(F)F)CC2)CC1.CCCCCC1CCC(CCC2CCC(C(F)(F)C(F)(F)C(F)(F)F)CC2)CC1. The smallest absolute Gasteiger partial charge is 0.199 e. The minimum absolute atomic E-state index is 0.170. The lowest BCUT2D eigenvalue weighted by molar-refractivity contribution is -0.367. The van der Waals surface area contributed by atoms with Crippen molar-refractivity contribution in [2.75, 3.05) is 0 Å². The first kappa shape index (κ1) is 50.4. The molecular weight excluding hydrogens is 782 g/mol. The van der Waals surface area contributed by atoms with Crippen LogP contribution in [0.5, 0.6) is 0 Å². The maximum absolute atomic E-state index is 13.9. The molecule has 4 aliphatic rings. The van der Waals surface area contributed by atoms with E-state index < -0.39 is 47.9 Å². The van der Waals surface area contributed by atoms with Gasteiger partial charge in [-0.15, -0.1) is 0 Å². The van der Waals surface area contributed by atoms with E-state index in [1.165, 1.54) is 96.3 Å². The van der Waals surface area contributed by atoms with Crippen molar-refractivity contribution in [3.63, 3.8) is 0 Å². The van der Waals surface area contributed by atoms with Crippen molar-refractivity contribution < 1.29 is 61.5 Å². The van der Waals surface area contributed by atoms with Crippen LogP contribution in [0.2, 0.25) is 0 Å². The number of unbranched alkanes of at least 4 members (excludes halogenated alkanes) is 3. The molecule has 0 atom stereocenters. The Labute approximate surface area is 331 Å². The first-order valence-corrected chi connectivity index (χ1v) is 22.1. The van der Waals surface area contributed by atoms with Gasteiger partial charge in [-0.25, -0.2) is 0 Å². The fraction of sp³-hybridized carbons (Fsp3) is 1.00. The monoisotopic (exact) mass is 851 g/mol. The highest BCUT2D eigenvalue weighted by atomic mass is 19.4. The van der Waals surface area contributed by atoms with E-state index in [4.69, 9.17) is 0 Å². The van der Waals surface area contributed by atoms with Crippen molar-refractivity contribution in [3.8, 4) is 0 Å². The summed E-state index contributed by atoms with van der Waals surface area (Å²) in [5.74, 6) is -22.5. The number of hydrogen-bond acceptors (Lipinski definition) is 0. The van der Waals surface area contributed by atoms with Gasteiger partial charge in [-0.2, -0.15) is 61.5 Å². The van der Waals surface area contributed by atoms with Crippen LogP contribution in [0.15, 0.2) is 0 Å². The predicted molar refractivity (Wildman–Crippen MR) is 196 cm³/mol. The van der Waals surface area contributed by atoms with E-state index in [9.17, 15) is 61.5 Å². The normalized spacial score (nSPS) is 30.1. The zero-order valence-corrected chi connectivity index (χ0v) is 34.0. The molecule has 4 rings (SSSR count). The van der Waals surface area contributed by atoms with E-state index in [1.54, 1.807) is 0 Å². The lowest BCUT2D eigenvalue weighted by Crippen LogP contribution is -2.56. The second-order valence-electron chi connectivity index (χ2n) is 18.4. The lowest BCUT2D eigenvalue weighted by atomic mass is 9.73. The van der Waals surface area contributed by atoms with Crippen LogP contribution in [0, 0.1) is 47.3 Å². The maximum Gasteiger partial charge on any atom is 0.459 e. The summed E-state index contributed by atoms with van der Waals surface area (Å²) >= 11 is 0. The van der Waals surface area contributed by atoms with Crippen LogP contribution in [0.1, 0.15) is 187 Å². The molecule has 0 spiro atoms. The molecule has 0 bridgehead atoms. The third-order valence-electron chi connectivity index (χ3n) is 14.3. The molecule has 0 aromatic heterocycles. The van der Waals surface area contributed by atoms with Gasteiger partial charge < -0.3 is 0 Å². The Bertz CT molecular complexity index is 1100. The van der Waals surface area contributed by atoms with Gasteiger partial charge >= 0.3 is 36.0 Å². The van der Waals surface area contributed by atoms with Crippen LogP contribution in [0.4, 0.5) is 61.5 Å². The van der Waals surface area contributed by atoms with Crippen LogP contribution < -0.4 is 0 Å². The molecule has 0 aliphatic heterocycles. The van der Waals surface area contributed by atoms with Gasteiger partial charge in [-0.3, -0.25) is 0 Å². The average molecular weight is 851 g/mol. The summed E-state index contributed by atoms with van der Waals surface area (Å²) in [5, 5.41) is 0. The summed E-state index contributed by atoms with van der Waals surface area (Å²) in [7, 11) is 0. The van der Waals surface area contributed by atoms with Crippen LogP contribution >= 0.6 is 0 Å². The molecule has 0 unspecified atom stereocenters. The lowest BCUT2D eigenvalue weighted by Gasteiger charge is -2.38. The van der Waals surface area contributed by atoms with E-state index in [0.717, 1.165) is 37.5 Å². The summed E-state index contributed by atoms with van der Waals surface area (Å²) < 4.78 is 182. The van der Waals surface area contributed by atoms with Crippen molar-refractivity contribution in [2.24, 2.45) is 47.3 Å². The molecule has 0 aromatic rings. The minimum atomic E-state index is -6.22. The Morgan fingerprint density at radius 2 is 0.526 bits per heavy atom. The Hall–Kier alpha value is -0.980. The molecule has 0 N–H and O–H groups in total. The summed E-state index contributed by atoms with van der Waals surface area (Å²) in [5.41, 5.74) is 0. The molecule has 57 heavy (non-hydrogen) atoms. The summed E-state index contributed by atoms with van der Waals surface area (Å²) in [6, 6.07) is 0. The molecule has 4 saturated carbocycles. The zero-order chi connectivity index (χ0) is 42.7. The summed E-state index contributed by atoms with van der Waals surface area (Å²) in [4.78, 5) is 0. The molecule has 4 fully saturated rings. The molecule has 0 saturated heterocycles. The topological polar surface area (TPSA) is 0 Å². The molecule has 0 amide bonds. The van der Waals surface area contributed by atoms with Gasteiger partial charge in [-0.1, -0.05) is 136 Å². The quantitative estimate of drug-likeness (QED) is 0.101. The Morgan fingerprint density at radius 1 is 0.298 bits per heavy atom. The van der Waals surface area contributed by atoms with Crippen molar-refractivity contribution in [3.05, 3.63) is 0 Å². The first-order valence-electron chi connectivity index (χ1n) is 22.1. The number of rotatable bonds is 17. The highest BCUT2D eigenvalue weighted by Gasteiger charge is 2.76. The largest absolute Gasteiger partial charge is 0.459 e. The predicted octanol–water partition coefficient (Wildman–Crippen LogP) is 17.2. The van der Waals surface area contributed by atoms with Gasteiger partial charge in [0.05, 0.1) is 0 Å². The second-order valence-corrected chi connectivity index (χ2v) is 18.4. The number of halogens is 14. The van der Waals surface area contributed by atoms with Gasteiger partial charge in [0, 0.05) is 11.8 Å². The second kappa shape index (κ2) is 21.7. The van der Waals surface area contributed by atoms with E-state index >= 15 is 0 Å². The molecule has 0 nitrogen and oxygen atoms in total.